The molecule has 1 rings (SSSR count). The Kier molecular flexibility index (Phi) is 7.87. The Balaban J connectivity index is 0.00000400. The highest BCUT2D eigenvalue weighted by Gasteiger charge is 2.19. The number of nitrogens with one attached hydrogen (secondary N) is 2. The maximum atomic E-state index is 11.9. The number of rotatable bonds is 7. The van der Waals surface area contributed by atoms with Crippen LogP contribution >= 0.6 is 12.4 Å². The zero-order chi connectivity index (χ0) is 15.2. The van der Waals surface area contributed by atoms with E-state index in [0.29, 0.717) is 6.54 Å². The Bertz CT molecular complexity index is 547. The fraction of sp³-hybridized carbons (Fsp3) is 0.462. The van der Waals surface area contributed by atoms with Crippen LogP contribution in [0.2, 0.25) is 0 Å². The third-order valence-electron chi connectivity index (χ3n) is 2.69. The summed E-state index contributed by atoms with van der Waals surface area (Å²) in [7, 11) is -3.56. The number of hydrogen-bond donors (Lipinski definition) is 3. The monoisotopic (exact) mass is 335 g/mol. The highest BCUT2D eigenvalue weighted by atomic mass is 35.5. The van der Waals surface area contributed by atoms with Crippen molar-refractivity contribution in [3.8, 4) is 0 Å². The molecule has 0 unspecified atom stereocenters. The van der Waals surface area contributed by atoms with E-state index in [9.17, 15) is 13.2 Å². The SMILES string of the molecule is CC(C)(CN)NC(=O)CCNS(=O)(=O)c1ccccc1.Cl. The minimum atomic E-state index is -3.56. The fourth-order valence-corrected chi connectivity index (χ4v) is 2.53. The summed E-state index contributed by atoms with van der Waals surface area (Å²) >= 11 is 0. The van der Waals surface area contributed by atoms with E-state index in [-0.39, 0.29) is 36.2 Å². The molecule has 6 nitrogen and oxygen atoms in total. The second-order valence-corrected chi connectivity index (χ2v) is 6.86. The summed E-state index contributed by atoms with van der Waals surface area (Å²) in [6, 6.07) is 8.03. The van der Waals surface area contributed by atoms with E-state index >= 15 is 0 Å². The molecule has 1 aromatic carbocycles. The van der Waals surface area contributed by atoms with Gasteiger partial charge in [-0.05, 0) is 26.0 Å². The van der Waals surface area contributed by atoms with Crippen LogP contribution in [0.1, 0.15) is 20.3 Å². The first-order chi connectivity index (χ1) is 9.27. The smallest absolute Gasteiger partial charge is 0.240 e. The first-order valence-electron chi connectivity index (χ1n) is 6.33. The van der Waals surface area contributed by atoms with Gasteiger partial charge in [-0.3, -0.25) is 4.79 Å². The van der Waals surface area contributed by atoms with Crippen LogP contribution in [0.5, 0.6) is 0 Å². The van der Waals surface area contributed by atoms with Crippen molar-refractivity contribution in [2.24, 2.45) is 5.73 Å². The number of hydrogen-bond acceptors (Lipinski definition) is 4. The minimum absolute atomic E-state index is 0. The zero-order valence-corrected chi connectivity index (χ0v) is 13.8. The van der Waals surface area contributed by atoms with Crippen molar-refractivity contribution in [1.82, 2.24) is 10.0 Å². The molecule has 0 atom stereocenters. The molecule has 0 aliphatic carbocycles. The molecule has 0 fully saturated rings. The zero-order valence-electron chi connectivity index (χ0n) is 12.1. The van der Waals surface area contributed by atoms with Crippen molar-refractivity contribution >= 4 is 28.3 Å². The van der Waals surface area contributed by atoms with E-state index in [4.69, 9.17) is 5.73 Å². The summed E-state index contributed by atoms with van der Waals surface area (Å²) in [5.41, 5.74) is 5.01. The molecule has 0 aliphatic rings. The lowest BCUT2D eigenvalue weighted by atomic mass is 10.1. The first kappa shape index (κ1) is 19.9. The largest absolute Gasteiger partial charge is 0.350 e. The predicted octanol–water partition coefficient (Wildman–Crippen LogP) is 0.630. The number of amides is 1. The van der Waals surface area contributed by atoms with E-state index in [0.717, 1.165) is 0 Å². The molecule has 0 aliphatic heterocycles. The van der Waals surface area contributed by atoms with Gasteiger partial charge in [0.15, 0.2) is 0 Å². The van der Waals surface area contributed by atoms with Crippen molar-refractivity contribution in [3.05, 3.63) is 30.3 Å². The number of benzene rings is 1. The van der Waals surface area contributed by atoms with Gasteiger partial charge < -0.3 is 11.1 Å². The van der Waals surface area contributed by atoms with Crippen molar-refractivity contribution in [1.29, 1.82) is 0 Å². The highest BCUT2D eigenvalue weighted by Crippen LogP contribution is 2.06. The Morgan fingerprint density at radius 2 is 1.81 bits per heavy atom. The summed E-state index contributed by atoms with van der Waals surface area (Å²) in [5.74, 6) is -0.240. The van der Waals surface area contributed by atoms with Crippen LogP contribution in [0.15, 0.2) is 35.2 Å². The summed E-state index contributed by atoms with van der Waals surface area (Å²) in [4.78, 5) is 11.8. The van der Waals surface area contributed by atoms with E-state index in [1.165, 1.54) is 12.1 Å². The Morgan fingerprint density at radius 1 is 1.24 bits per heavy atom. The molecule has 21 heavy (non-hydrogen) atoms. The van der Waals surface area contributed by atoms with E-state index < -0.39 is 15.6 Å². The molecular formula is C13H22ClN3O3S. The molecule has 4 N–H and O–H groups in total. The topological polar surface area (TPSA) is 101 Å². The van der Waals surface area contributed by atoms with Gasteiger partial charge in [0.25, 0.3) is 0 Å². The van der Waals surface area contributed by atoms with Gasteiger partial charge in [0.05, 0.1) is 4.90 Å². The Hall–Kier alpha value is -1.15. The summed E-state index contributed by atoms with van der Waals surface area (Å²) in [5, 5.41) is 2.73. The predicted molar refractivity (Wildman–Crippen MR) is 84.8 cm³/mol. The van der Waals surface area contributed by atoms with E-state index in [1.54, 1.807) is 32.0 Å². The molecule has 0 spiro atoms. The lowest BCUT2D eigenvalue weighted by Gasteiger charge is -2.24. The fourth-order valence-electron chi connectivity index (χ4n) is 1.47. The molecule has 0 radical (unpaired) electrons. The minimum Gasteiger partial charge on any atom is -0.350 e. The molecule has 0 saturated heterocycles. The third kappa shape index (κ3) is 6.90. The van der Waals surface area contributed by atoms with E-state index in [2.05, 4.69) is 10.0 Å². The molecule has 0 bridgehead atoms. The molecule has 120 valence electrons. The lowest BCUT2D eigenvalue weighted by Crippen LogP contribution is -2.49. The van der Waals surface area contributed by atoms with Gasteiger partial charge in [-0.25, -0.2) is 13.1 Å². The van der Waals surface area contributed by atoms with Crippen LogP contribution in [-0.4, -0.2) is 33.0 Å². The Labute approximate surface area is 132 Å². The van der Waals surface area contributed by atoms with E-state index in [1.807, 2.05) is 0 Å². The number of nitrogens with two attached hydrogens (primary N) is 1. The normalized spacial score (nSPS) is 11.6. The second-order valence-electron chi connectivity index (χ2n) is 5.10. The van der Waals surface area contributed by atoms with Gasteiger partial charge in [-0.15, -0.1) is 12.4 Å². The third-order valence-corrected chi connectivity index (χ3v) is 4.16. The van der Waals surface area contributed by atoms with Crippen LogP contribution in [0, 0.1) is 0 Å². The van der Waals surface area contributed by atoms with Gasteiger partial charge in [-0.2, -0.15) is 0 Å². The van der Waals surface area contributed by atoms with Gasteiger partial charge in [0, 0.05) is 25.0 Å². The molecular weight excluding hydrogens is 314 g/mol. The molecule has 1 amide bonds. The average Bonchev–Trinajstić information content (AvgIpc) is 2.39. The second kappa shape index (κ2) is 8.33. The molecule has 0 heterocycles. The van der Waals surface area contributed by atoms with Crippen LogP contribution in [0.25, 0.3) is 0 Å². The standard InChI is InChI=1S/C13H21N3O3S.ClH/c1-13(2,10-14)16-12(17)8-9-15-20(18,19)11-6-4-3-5-7-11;/h3-7,15H,8-10,14H2,1-2H3,(H,16,17);1H. The van der Waals surface area contributed by atoms with Crippen molar-refractivity contribution in [3.63, 3.8) is 0 Å². The Morgan fingerprint density at radius 3 is 2.33 bits per heavy atom. The summed E-state index contributed by atoms with van der Waals surface area (Å²) in [6.45, 7) is 3.97. The lowest BCUT2D eigenvalue weighted by molar-refractivity contribution is -0.122. The first-order valence-corrected chi connectivity index (χ1v) is 7.81. The number of sulfonamides is 1. The van der Waals surface area contributed by atoms with Crippen molar-refractivity contribution in [2.45, 2.75) is 30.7 Å². The molecule has 0 saturated carbocycles. The van der Waals surface area contributed by atoms with Gasteiger partial charge >= 0.3 is 0 Å². The van der Waals surface area contributed by atoms with Crippen LogP contribution in [-0.2, 0) is 14.8 Å². The van der Waals surface area contributed by atoms with Crippen molar-refractivity contribution < 1.29 is 13.2 Å². The number of carbonyl (C=O) groups is 1. The van der Waals surface area contributed by atoms with Crippen molar-refractivity contribution in [2.75, 3.05) is 13.1 Å². The maximum absolute atomic E-state index is 11.9. The van der Waals surface area contributed by atoms with Crippen LogP contribution in [0.3, 0.4) is 0 Å². The maximum Gasteiger partial charge on any atom is 0.240 e. The number of carbonyl (C=O) groups excluding carboxylic acids is 1. The number of halogens is 1. The summed E-state index contributed by atoms with van der Waals surface area (Å²) < 4.78 is 26.2. The molecule has 1 aromatic rings. The van der Waals surface area contributed by atoms with Crippen LogP contribution < -0.4 is 15.8 Å². The average molecular weight is 336 g/mol. The van der Waals surface area contributed by atoms with Gasteiger partial charge in [-0.1, -0.05) is 18.2 Å². The van der Waals surface area contributed by atoms with Crippen LogP contribution in [0.4, 0.5) is 0 Å². The highest BCUT2D eigenvalue weighted by molar-refractivity contribution is 7.89. The quantitative estimate of drug-likeness (QED) is 0.680. The molecule has 0 aromatic heterocycles. The summed E-state index contributed by atoms with van der Waals surface area (Å²) in [6.07, 6.45) is 0.0650. The molecule has 8 heteroatoms. The van der Waals surface area contributed by atoms with Gasteiger partial charge in [0.2, 0.25) is 15.9 Å². The van der Waals surface area contributed by atoms with Gasteiger partial charge in [0.1, 0.15) is 0 Å².